The number of nitrogens with zero attached hydrogens (tertiary/aromatic N) is 2. The van der Waals surface area contributed by atoms with Crippen LogP contribution in [0.25, 0.3) is 10.8 Å². The summed E-state index contributed by atoms with van der Waals surface area (Å²) in [6, 6.07) is 17.7. The number of H-pyrrole nitrogens is 1. The average molecular weight is 362 g/mol. The van der Waals surface area contributed by atoms with E-state index in [0.29, 0.717) is 11.1 Å². The third-order valence-corrected chi connectivity index (χ3v) is 4.99. The van der Waals surface area contributed by atoms with Gasteiger partial charge in [0.1, 0.15) is 0 Å². The summed E-state index contributed by atoms with van der Waals surface area (Å²) in [5.74, 6) is -0.0636. The fraction of sp³-hybridized carbons (Fsp3) is 0.286. The number of carbonyl (C=O) groups excluding carboxylic acids is 1. The first-order valence-corrected chi connectivity index (χ1v) is 9.21. The molecule has 1 amide bonds. The minimum absolute atomic E-state index is 0.0636. The maximum Gasteiger partial charge on any atom is 0.272 e. The van der Waals surface area contributed by atoms with Gasteiger partial charge in [-0.1, -0.05) is 48.5 Å². The predicted molar refractivity (Wildman–Crippen MR) is 104 cm³/mol. The van der Waals surface area contributed by atoms with Crippen molar-refractivity contribution in [3.8, 4) is 0 Å². The second-order valence-corrected chi connectivity index (χ2v) is 7.00. The van der Waals surface area contributed by atoms with Gasteiger partial charge in [0.25, 0.3) is 5.56 Å². The lowest BCUT2D eigenvalue weighted by Crippen LogP contribution is -2.38. The molecule has 6 heteroatoms. The van der Waals surface area contributed by atoms with Gasteiger partial charge in [0.2, 0.25) is 5.91 Å². The van der Waals surface area contributed by atoms with E-state index in [4.69, 9.17) is 0 Å². The number of benzene rings is 2. The largest absolute Gasteiger partial charge is 0.352 e. The van der Waals surface area contributed by atoms with Crippen molar-refractivity contribution in [2.75, 3.05) is 13.1 Å². The van der Waals surface area contributed by atoms with Crippen LogP contribution in [0.4, 0.5) is 0 Å². The van der Waals surface area contributed by atoms with Gasteiger partial charge >= 0.3 is 0 Å². The summed E-state index contributed by atoms with van der Waals surface area (Å²) in [6.45, 7) is 2.72. The smallest absolute Gasteiger partial charge is 0.272 e. The summed E-state index contributed by atoms with van der Waals surface area (Å²) in [5, 5.41) is 11.0. The quantitative estimate of drug-likeness (QED) is 0.726. The lowest BCUT2D eigenvalue weighted by molar-refractivity contribution is -0.121. The van der Waals surface area contributed by atoms with Crippen LogP contribution in [0.15, 0.2) is 59.4 Å². The molecule has 138 valence electrons. The van der Waals surface area contributed by atoms with Crippen LogP contribution in [-0.2, 0) is 17.8 Å². The normalized spacial score (nSPS) is 17.3. The van der Waals surface area contributed by atoms with E-state index >= 15 is 0 Å². The lowest BCUT2D eigenvalue weighted by Gasteiger charge is -2.17. The summed E-state index contributed by atoms with van der Waals surface area (Å²) in [4.78, 5) is 26.7. The van der Waals surface area contributed by atoms with Crippen LogP contribution < -0.4 is 10.9 Å². The molecule has 0 aliphatic carbocycles. The zero-order valence-electron chi connectivity index (χ0n) is 15.0. The van der Waals surface area contributed by atoms with Crippen LogP contribution in [0.5, 0.6) is 0 Å². The van der Waals surface area contributed by atoms with Crippen LogP contribution in [0.1, 0.15) is 17.7 Å². The number of carbonyl (C=O) groups is 1. The SMILES string of the molecule is O=C(Cc1n[nH]c(=O)c2ccccc12)N[C@@H]1CCN(Cc2ccccc2)C1. The van der Waals surface area contributed by atoms with Gasteiger partial charge in [-0.2, -0.15) is 5.10 Å². The van der Waals surface area contributed by atoms with Crippen LogP contribution >= 0.6 is 0 Å². The van der Waals surface area contributed by atoms with E-state index < -0.39 is 0 Å². The fourth-order valence-electron chi connectivity index (χ4n) is 3.67. The van der Waals surface area contributed by atoms with Gasteiger partial charge in [0, 0.05) is 31.1 Å². The monoisotopic (exact) mass is 362 g/mol. The Labute approximate surface area is 157 Å². The van der Waals surface area contributed by atoms with E-state index in [9.17, 15) is 9.59 Å². The Hall–Kier alpha value is -2.99. The highest BCUT2D eigenvalue weighted by Gasteiger charge is 2.24. The molecule has 0 saturated carbocycles. The first-order chi connectivity index (χ1) is 13.2. The molecule has 3 aromatic rings. The molecule has 1 saturated heterocycles. The molecule has 2 aromatic carbocycles. The number of amides is 1. The number of hydrogen-bond acceptors (Lipinski definition) is 4. The van der Waals surface area contributed by atoms with Gasteiger partial charge in [-0.05, 0) is 18.1 Å². The van der Waals surface area contributed by atoms with E-state index in [2.05, 4.69) is 32.5 Å². The molecule has 0 radical (unpaired) electrons. The summed E-state index contributed by atoms with van der Waals surface area (Å²) >= 11 is 0. The van der Waals surface area contributed by atoms with E-state index in [1.165, 1.54) is 5.56 Å². The minimum Gasteiger partial charge on any atom is -0.352 e. The number of aromatic nitrogens is 2. The van der Waals surface area contributed by atoms with Crippen molar-refractivity contribution in [1.29, 1.82) is 0 Å². The van der Waals surface area contributed by atoms with Crippen molar-refractivity contribution in [3.63, 3.8) is 0 Å². The van der Waals surface area contributed by atoms with Crippen molar-refractivity contribution in [1.82, 2.24) is 20.4 Å². The zero-order valence-corrected chi connectivity index (χ0v) is 15.0. The molecule has 1 aromatic heterocycles. The molecule has 0 bridgehead atoms. The van der Waals surface area contributed by atoms with E-state index in [0.717, 1.165) is 31.4 Å². The van der Waals surface area contributed by atoms with E-state index in [1.54, 1.807) is 12.1 Å². The minimum atomic E-state index is -0.234. The van der Waals surface area contributed by atoms with Crippen molar-refractivity contribution in [3.05, 3.63) is 76.2 Å². The first-order valence-electron chi connectivity index (χ1n) is 9.21. The molecule has 1 aliphatic heterocycles. The number of hydrogen-bond donors (Lipinski definition) is 2. The van der Waals surface area contributed by atoms with Crippen LogP contribution in [-0.4, -0.2) is 40.1 Å². The van der Waals surface area contributed by atoms with Crippen LogP contribution in [0.3, 0.4) is 0 Å². The third-order valence-electron chi connectivity index (χ3n) is 4.99. The molecular weight excluding hydrogens is 340 g/mol. The molecule has 4 rings (SSSR count). The number of nitrogens with one attached hydrogen (secondary N) is 2. The highest BCUT2D eigenvalue weighted by Crippen LogP contribution is 2.15. The number of fused-ring (bicyclic) bond motifs is 1. The van der Waals surface area contributed by atoms with Gasteiger partial charge in [-0.15, -0.1) is 0 Å². The summed E-state index contributed by atoms with van der Waals surface area (Å²) in [7, 11) is 0. The van der Waals surface area contributed by atoms with Crippen molar-refractivity contribution < 1.29 is 4.79 Å². The van der Waals surface area contributed by atoms with Gasteiger partial charge < -0.3 is 5.32 Å². The van der Waals surface area contributed by atoms with Gasteiger partial charge in [-0.25, -0.2) is 5.10 Å². The number of aromatic amines is 1. The van der Waals surface area contributed by atoms with Crippen LogP contribution in [0, 0.1) is 0 Å². The summed E-state index contributed by atoms with van der Waals surface area (Å²) in [5.41, 5.74) is 1.65. The Bertz CT molecular complexity index is 1000. The Morgan fingerprint density at radius 3 is 2.67 bits per heavy atom. The molecule has 1 aliphatic rings. The molecule has 1 atom stereocenters. The van der Waals surface area contributed by atoms with Gasteiger partial charge in [0.05, 0.1) is 17.5 Å². The van der Waals surface area contributed by atoms with E-state index in [-0.39, 0.29) is 23.9 Å². The second-order valence-electron chi connectivity index (χ2n) is 7.00. The Balaban J connectivity index is 1.37. The van der Waals surface area contributed by atoms with Crippen molar-refractivity contribution in [2.45, 2.75) is 25.4 Å². The molecule has 0 unspecified atom stereocenters. The molecule has 1 fully saturated rings. The van der Waals surface area contributed by atoms with Crippen molar-refractivity contribution >= 4 is 16.7 Å². The Morgan fingerprint density at radius 1 is 1.11 bits per heavy atom. The molecular formula is C21H22N4O2. The molecule has 2 N–H and O–H groups in total. The molecule has 2 heterocycles. The lowest BCUT2D eigenvalue weighted by atomic mass is 10.1. The first kappa shape index (κ1) is 17.4. The zero-order chi connectivity index (χ0) is 18.6. The second kappa shape index (κ2) is 7.72. The van der Waals surface area contributed by atoms with Crippen LogP contribution in [0.2, 0.25) is 0 Å². The standard InChI is InChI=1S/C21H22N4O2/c26-20(12-19-17-8-4-5-9-18(17)21(27)24-23-19)22-16-10-11-25(14-16)13-15-6-2-1-3-7-15/h1-9,16H,10-14H2,(H,22,26)(H,24,27)/t16-/m1/s1. The van der Waals surface area contributed by atoms with Crippen molar-refractivity contribution in [2.24, 2.45) is 0 Å². The highest BCUT2D eigenvalue weighted by atomic mass is 16.1. The molecule has 27 heavy (non-hydrogen) atoms. The maximum absolute atomic E-state index is 12.5. The van der Waals surface area contributed by atoms with Gasteiger partial charge in [0.15, 0.2) is 0 Å². The number of rotatable bonds is 5. The predicted octanol–water partition coefficient (Wildman–Crippen LogP) is 1.86. The summed E-state index contributed by atoms with van der Waals surface area (Å²) in [6.07, 6.45) is 1.10. The maximum atomic E-state index is 12.5. The van der Waals surface area contributed by atoms with E-state index in [1.807, 2.05) is 30.3 Å². The molecule has 6 nitrogen and oxygen atoms in total. The Kier molecular flexibility index (Phi) is 4.98. The average Bonchev–Trinajstić information content (AvgIpc) is 3.12. The molecule has 0 spiro atoms. The third kappa shape index (κ3) is 4.06. The highest BCUT2D eigenvalue weighted by molar-refractivity contribution is 5.88. The van der Waals surface area contributed by atoms with Gasteiger partial charge in [-0.3, -0.25) is 14.5 Å². The summed E-state index contributed by atoms with van der Waals surface area (Å²) < 4.78 is 0. The topological polar surface area (TPSA) is 78.1 Å². The number of likely N-dealkylation sites (tertiary alicyclic amines) is 1. The Morgan fingerprint density at radius 2 is 1.85 bits per heavy atom. The fourth-order valence-corrected chi connectivity index (χ4v) is 3.67.